The number of methoxy groups -OCH3 is 1. The number of carbonyl (C=O) groups excluding carboxylic acids is 1. The Kier molecular flexibility index (Phi) is 4.12. The molecule has 1 aliphatic rings. The lowest BCUT2D eigenvalue weighted by molar-refractivity contribution is 0.0174. The first-order valence-corrected chi connectivity index (χ1v) is 7.01. The molecule has 0 atom stereocenters. The second kappa shape index (κ2) is 5.45. The molecule has 0 unspecified atom stereocenters. The zero-order valence-corrected chi connectivity index (χ0v) is 12.5. The van der Waals surface area contributed by atoms with E-state index in [0.29, 0.717) is 11.8 Å². The van der Waals surface area contributed by atoms with Crippen molar-refractivity contribution < 1.29 is 9.53 Å². The van der Waals surface area contributed by atoms with Gasteiger partial charge in [0.1, 0.15) is 5.69 Å². The molecule has 0 aliphatic heterocycles. The van der Waals surface area contributed by atoms with Crippen molar-refractivity contribution in [2.24, 2.45) is 0 Å². The quantitative estimate of drug-likeness (QED) is 0.928. The molecular weight excluding hydrogens is 296 g/mol. The van der Waals surface area contributed by atoms with Gasteiger partial charge in [0, 0.05) is 29.9 Å². The van der Waals surface area contributed by atoms with E-state index in [1.165, 1.54) is 0 Å². The highest BCUT2D eigenvalue weighted by atomic mass is 79.9. The number of hydrogen-bond donors (Lipinski definition) is 1. The van der Waals surface area contributed by atoms with Gasteiger partial charge in [-0.05, 0) is 48.7 Å². The fourth-order valence-corrected chi connectivity index (χ4v) is 2.63. The molecule has 0 spiro atoms. The topological polar surface area (TPSA) is 43.3 Å². The van der Waals surface area contributed by atoms with Gasteiger partial charge in [0.05, 0.1) is 6.10 Å². The van der Waals surface area contributed by atoms with Gasteiger partial charge in [-0.3, -0.25) is 4.79 Å². The molecule has 1 aliphatic carbocycles. The van der Waals surface area contributed by atoms with Gasteiger partial charge in [0.25, 0.3) is 5.91 Å². The van der Waals surface area contributed by atoms with E-state index in [1.54, 1.807) is 7.11 Å². The number of ether oxygens (including phenoxy) is 1. The summed E-state index contributed by atoms with van der Waals surface area (Å²) < 4.78 is 8.12. The van der Waals surface area contributed by atoms with Crippen LogP contribution in [-0.4, -0.2) is 29.7 Å². The highest BCUT2D eigenvalue weighted by molar-refractivity contribution is 9.10. The smallest absolute Gasteiger partial charge is 0.268 e. The third kappa shape index (κ3) is 2.78. The molecular formula is C13H19BrN2O2. The van der Waals surface area contributed by atoms with Crippen molar-refractivity contribution in [2.75, 3.05) is 7.11 Å². The van der Waals surface area contributed by atoms with Crippen molar-refractivity contribution in [1.82, 2.24) is 9.88 Å². The molecule has 1 fully saturated rings. The second-order valence-corrected chi connectivity index (χ2v) is 5.96. The Morgan fingerprint density at radius 3 is 2.78 bits per heavy atom. The third-order valence-electron chi connectivity index (χ3n) is 3.37. The Bertz CT molecular complexity index is 436. The van der Waals surface area contributed by atoms with Gasteiger partial charge < -0.3 is 14.6 Å². The molecule has 0 radical (unpaired) electrons. The van der Waals surface area contributed by atoms with E-state index in [4.69, 9.17) is 4.74 Å². The maximum Gasteiger partial charge on any atom is 0.268 e. The number of aromatic nitrogens is 1. The van der Waals surface area contributed by atoms with Gasteiger partial charge in [0.2, 0.25) is 0 Å². The lowest BCUT2D eigenvalue weighted by atomic mass is 9.89. The van der Waals surface area contributed by atoms with E-state index < -0.39 is 0 Å². The summed E-state index contributed by atoms with van der Waals surface area (Å²) in [6.45, 7) is 4.13. The third-order valence-corrected chi connectivity index (χ3v) is 3.80. The molecule has 1 heterocycles. The predicted octanol–water partition coefficient (Wildman–Crippen LogP) is 2.74. The number of carbonyl (C=O) groups is 1. The van der Waals surface area contributed by atoms with Crippen LogP contribution < -0.4 is 5.32 Å². The number of nitrogens with one attached hydrogen (secondary N) is 1. The fraction of sp³-hybridized carbons (Fsp3) is 0.615. The van der Waals surface area contributed by atoms with Gasteiger partial charge in [0.15, 0.2) is 0 Å². The van der Waals surface area contributed by atoms with Gasteiger partial charge in [-0.25, -0.2) is 0 Å². The Morgan fingerprint density at radius 1 is 1.56 bits per heavy atom. The first-order valence-electron chi connectivity index (χ1n) is 6.22. The van der Waals surface area contributed by atoms with Crippen molar-refractivity contribution >= 4 is 21.8 Å². The molecule has 1 amide bonds. The maximum absolute atomic E-state index is 12.2. The average molecular weight is 315 g/mol. The largest absolute Gasteiger partial charge is 0.381 e. The molecule has 1 N–H and O–H groups in total. The van der Waals surface area contributed by atoms with E-state index in [2.05, 4.69) is 35.1 Å². The Labute approximate surface area is 116 Å². The highest BCUT2D eigenvalue weighted by Crippen LogP contribution is 2.24. The summed E-state index contributed by atoms with van der Waals surface area (Å²) >= 11 is 3.42. The molecule has 0 saturated heterocycles. The Morgan fingerprint density at radius 2 is 2.22 bits per heavy atom. The van der Waals surface area contributed by atoms with Crippen molar-refractivity contribution in [2.45, 2.75) is 44.9 Å². The highest BCUT2D eigenvalue weighted by Gasteiger charge is 2.31. The first-order chi connectivity index (χ1) is 8.51. The standard InChI is InChI=1S/C13H19BrN2O2/c1-8(2)16-7-9(14)4-12(16)13(17)15-10-5-11(6-10)18-3/h4,7-8,10-11H,5-6H2,1-3H3,(H,15,17). The molecule has 1 aromatic heterocycles. The van der Waals surface area contributed by atoms with Crippen LogP contribution in [-0.2, 0) is 4.74 Å². The normalized spacial score (nSPS) is 22.9. The summed E-state index contributed by atoms with van der Waals surface area (Å²) in [5.41, 5.74) is 0.706. The molecule has 1 saturated carbocycles. The van der Waals surface area contributed by atoms with Gasteiger partial charge >= 0.3 is 0 Å². The number of nitrogens with zero attached hydrogens (tertiary/aromatic N) is 1. The van der Waals surface area contributed by atoms with E-state index in [-0.39, 0.29) is 18.0 Å². The average Bonchev–Trinajstić information content (AvgIpc) is 2.65. The van der Waals surface area contributed by atoms with Crippen LogP contribution in [0.5, 0.6) is 0 Å². The van der Waals surface area contributed by atoms with Crippen molar-refractivity contribution in [1.29, 1.82) is 0 Å². The number of halogens is 1. The molecule has 100 valence electrons. The Hall–Kier alpha value is -0.810. The van der Waals surface area contributed by atoms with Gasteiger partial charge in [-0.15, -0.1) is 0 Å². The zero-order valence-electron chi connectivity index (χ0n) is 10.9. The lowest BCUT2D eigenvalue weighted by Gasteiger charge is -2.34. The molecule has 18 heavy (non-hydrogen) atoms. The summed E-state index contributed by atoms with van der Waals surface area (Å²) in [6.07, 6.45) is 4.06. The van der Waals surface area contributed by atoms with E-state index in [9.17, 15) is 4.79 Å². The van der Waals surface area contributed by atoms with Crippen LogP contribution in [0.3, 0.4) is 0 Å². The van der Waals surface area contributed by atoms with Crippen LogP contribution in [0.4, 0.5) is 0 Å². The molecule has 5 heteroatoms. The maximum atomic E-state index is 12.2. The predicted molar refractivity (Wildman–Crippen MR) is 73.8 cm³/mol. The van der Waals surface area contributed by atoms with Crippen LogP contribution in [0.2, 0.25) is 0 Å². The second-order valence-electron chi connectivity index (χ2n) is 5.04. The molecule has 0 aromatic carbocycles. The van der Waals surface area contributed by atoms with Crippen LogP contribution in [0, 0.1) is 0 Å². The minimum Gasteiger partial charge on any atom is -0.381 e. The zero-order chi connectivity index (χ0) is 13.3. The van der Waals surface area contributed by atoms with Gasteiger partial charge in [-0.1, -0.05) is 0 Å². The van der Waals surface area contributed by atoms with Crippen molar-refractivity contribution in [3.63, 3.8) is 0 Å². The minimum absolute atomic E-state index is 0.00560. The molecule has 0 bridgehead atoms. The van der Waals surface area contributed by atoms with E-state index >= 15 is 0 Å². The van der Waals surface area contributed by atoms with Crippen LogP contribution in [0.15, 0.2) is 16.7 Å². The fourth-order valence-electron chi connectivity index (χ4n) is 2.19. The minimum atomic E-state index is -0.00560. The summed E-state index contributed by atoms with van der Waals surface area (Å²) in [6, 6.07) is 2.38. The lowest BCUT2D eigenvalue weighted by Crippen LogP contribution is -2.47. The van der Waals surface area contributed by atoms with E-state index in [1.807, 2.05) is 16.8 Å². The van der Waals surface area contributed by atoms with Crippen LogP contribution in [0.1, 0.15) is 43.2 Å². The monoisotopic (exact) mass is 314 g/mol. The van der Waals surface area contributed by atoms with Crippen LogP contribution in [0.25, 0.3) is 0 Å². The summed E-state index contributed by atoms with van der Waals surface area (Å²) in [7, 11) is 1.71. The Balaban J connectivity index is 2.01. The molecule has 2 rings (SSSR count). The first kappa shape index (κ1) is 13.6. The van der Waals surface area contributed by atoms with Gasteiger partial charge in [-0.2, -0.15) is 0 Å². The summed E-state index contributed by atoms with van der Waals surface area (Å²) in [4.78, 5) is 12.2. The number of hydrogen-bond acceptors (Lipinski definition) is 2. The van der Waals surface area contributed by atoms with Crippen molar-refractivity contribution in [3.05, 3.63) is 22.4 Å². The molecule has 1 aromatic rings. The number of rotatable bonds is 4. The summed E-state index contributed by atoms with van der Waals surface area (Å²) in [5, 5.41) is 3.04. The number of amides is 1. The van der Waals surface area contributed by atoms with E-state index in [0.717, 1.165) is 17.3 Å². The van der Waals surface area contributed by atoms with Crippen molar-refractivity contribution in [3.8, 4) is 0 Å². The molecule has 4 nitrogen and oxygen atoms in total. The SMILES string of the molecule is COC1CC(NC(=O)c2cc(Br)cn2C(C)C)C1. The van der Waals surface area contributed by atoms with Crippen LogP contribution >= 0.6 is 15.9 Å². The summed E-state index contributed by atoms with van der Waals surface area (Å²) in [5.74, 6) is -0.00560.